The lowest BCUT2D eigenvalue weighted by atomic mass is 9.76. The summed E-state index contributed by atoms with van der Waals surface area (Å²) in [7, 11) is 0. The van der Waals surface area contributed by atoms with Crippen LogP contribution in [0.4, 0.5) is 0 Å². The molecule has 6 aromatic rings. The van der Waals surface area contributed by atoms with E-state index in [4.69, 9.17) is 4.42 Å². The van der Waals surface area contributed by atoms with E-state index in [0.717, 1.165) is 24.0 Å². The number of aryl methyl sites for hydroxylation is 1. The van der Waals surface area contributed by atoms with Crippen LogP contribution >= 0.6 is 0 Å². The summed E-state index contributed by atoms with van der Waals surface area (Å²) in [6.07, 6.45) is 18.5. The molecule has 3 aliphatic rings. The van der Waals surface area contributed by atoms with E-state index in [1.165, 1.54) is 79.3 Å². The molecule has 9 rings (SSSR count). The summed E-state index contributed by atoms with van der Waals surface area (Å²) in [5.74, 6) is 1.09. The van der Waals surface area contributed by atoms with Crippen LogP contribution in [0.2, 0.25) is 0 Å². The van der Waals surface area contributed by atoms with Gasteiger partial charge in [0, 0.05) is 38.9 Å². The van der Waals surface area contributed by atoms with E-state index < -0.39 is 0 Å². The number of aromatic nitrogens is 1. The normalized spacial score (nSPS) is 18.4. The van der Waals surface area contributed by atoms with Crippen molar-refractivity contribution in [3.63, 3.8) is 0 Å². The zero-order valence-electron chi connectivity index (χ0n) is 29.5. The molecule has 2 atom stereocenters. The molecule has 0 radical (unpaired) electrons. The largest absolute Gasteiger partial charge is 0.456 e. The van der Waals surface area contributed by atoms with Gasteiger partial charge in [0.15, 0.2) is 0 Å². The topological polar surface area (TPSA) is 18.1 Å². The molecular weight excluding hydrogens is 595 g/mol. The van der Waals surface area contributed by atoms with Crippen LogP contribution in [0.5, 0.6) is 0 Å². The molecular formula is C47H47NO. The van der Waals surface area contributed by atoms with Gasteiger partial charge in [-0.05, 0) is 93.4 Å². The van der Waals surface area contributed by atoms with E-state index >= 15 is 0 Å². The zero-order chi connectivity index (χ0) is 33.9. The number of para-hydroxylation sites is 4. The Morgan fingerprint density at radius 3 is 2.41 bits per heavy atom. The molecule has 49 heavy (non-hydrogen) atoms. The smallest absolute Gasteiger partial charge is 0.139 e. The molecule has 2 heterocycles. The van der Waals surface area contributed by atoms with Gasteiger partial charge in [0.05, 0.1) is 11.2 Å². The second-order valence-electron chi connectivity index (χ2n) is 13.4. The molecule has 0 aliphatic heterocycles. The summed E-state index contributed by atoms with van der Waals surface area (Å²) < 4.78 is 8.54. The van der Waals surface area contributed by atoms with Crippen molar-refractivity contribution < 1.29 is 4.42 Å². The Morgan fingerprint density at radius 1 is 0.755 bits per heavy atom. The Morgan fingerprint density at radius 2 is 1.53 bits per heavy atom. The third-order valence-electron chi connectivity index (χ3n) is 10.2. The lowest BCUT2D eigenvalue weighted by molar-refractivity contribution is 0.570. The Hall–Kier alpha value is -5.08. The van der Waals surface area contributed by atoms with Crippen molar-refractivity contribution in [2.45, 2.75) is 66.2 Å². The maximum absolute atomic E-state index is 6.12. The Kier molecular flexibility index (Phi) is 9.40. The molecule has 0 bridgehead atoms. The molecule has 0 saturated heterocycles. The van der Waals surface area contributed by atoms with E-state index in [1.807, 2.05) is 26.0 Å². The Labute approximate surface area is 291 Å². The maximum atomic E-state index is 6.12. The standard InChI is InChI=1S/C26H25N.C19H16O.C2H6/c1-18-15-20-9-3-4-10-21(20)17-24(18)23-12-6-8-14-26(23)27-19(2)16-22-11-5-7-13-25(22)27;1-13-6-4-7-14(12-13)15-9-5-10-17-16-8-2-3-11-18(16)20-19(15)17;1-2/h3,5-9,11-16,21H,4,10,17H2,1-2H3;2-6,8-12,14H,7H2,1H3;1-2H3. The van der Waals surface area contributed by atoms with Gasteiger partial charge in [-0.15, -0.1) is 0 Å². The van der Waals surface area contributed by atoms with Crippen LogP contribution in [0.25, 0.3) is 44.1 Å². The average Bonchev–Trinajstić information content (AvgIpc) is 3.69. The van der Waals surface area contributed by atoms with Gasteiger partial charge in [0.25, 0.3) is 0 Å². The molecule has 2 nitrogen and oxygen atoms in total. The summed E-state index contributed by atoms with van der Waals surface area (Å²) in [6, 6.07) is 34.6. The molecule has 0 spiro atoms. The van der Waals surface area contributed by atoms with Gasteiger partial charge in [-0.1, -0.05) is 129 Å². The maximum Gasteiger partial charge on any atom is 0.139 e. The van der Waals surface area contributed by atoms with Crippen molar-refractivity contribution in [1.82, 2.24) is 4.57 Å². The van der Waals surface area contributed by atoms with Crippen LogP contribution in [0, 0.1) is 12.8 Å². The van der Waals surface area contributed by atoms with E-state index in [1.54, 1.807) is 0 Å². The predicted octanol–water partition coefficient (Wildman–Crippen LogP) is 13.6. The van der Waals surface area contributed by atoms with Crippen molar-refractivity contribution in [2.75, 3.05) is 0 Å². The minimum atomic E-state index is 0.421. The first kappa shape index (κ1) is 32.5. The summed E-state index contributed by atoms with van der Waals surface area (Å²) in [5, 5.41) is 3.73. The van der Waals surface area contributed by atoms with Crippen molar-refractivity contribution >= 4 is 38.4 Å². The fraction of sp³-hybridized carbons (Fsp3) is 0.234. The highest BCUT2D eigenvalue weighted by Gasteiger charge is 2.25. The fourth-order valence-electron chi connectivity index (χ4n) is 7.93. The van der Waals surface area contributed by atoms with Gasteiger partial charge >= 0.3 is 0 Å². The molecule has 0 saturated carbocycles. The van der Waals surface area contributed by atoms with Crippen molar-refractivity contribution in [3.8, 4) is 5.69 Å². The number of fused-ring (bicyclic) bond motifs is 5. The van der Waals surface area contributed by atoms with Gasteiger partial charge in [0.1, 0.15) is 11.2 Å². The summed E-state index contributed by atoms with van der Waals surface area (Å²) in [4.78, 5) is 0. The minimum Gasteiger partial charge on any atom is -0.456 e. The van der Waals surface area contributed by atoms with Crippen molar-refractivity contribution in [3.05, 3.63) is 167 Å². The third-order valence-corrected chi connectivity index (χ3v) is 10.2. The van der Waals surface area contributed by atoms with Crippen molar-refractivity contribution in [1.29, 1.82) is 0 Å². The SMILES string of the molecule is CC.CC1=C(c2ccccc2-n2c(C)cc3ccccc32)CC2CCC=CC2=C1.CC1=CC(c2cccc3c2oc2ccccc23)CC=C1. The zero-order valence-corrected chi connectivity index (χ0v) is 29.5. The molecule has 0 N–H and O–H groups in total. The van der Waals surface area contributed by atoms with Gasteiger partial charge in [-0.3, -0.25) is 0 Å². The van der Waals surface area contributed by atoms with Crippen LogP contribution in [0.3, 0.4) is 0 Å². The van der Waals surface area contributed by atoms with Crippen molar-refractivity contribution in [2.24, 2.45) is 5.92 Å². The Balaban J connectivity index is 0.000000153. The lowest BCUT2D eigenvalue weighted by Gasteiger charge is -2.29. The molecule has 0 amide bonds. The lowest BCUT2D eigenvalue weighted by Crippen LogP contribution is -2.13. The molecule has 3 aliphatic carbocycles. The van der Waals surface area contributed by atoms with Crippen LogP contribution in [-0.4, -0.2) is 4.57 Å². The van der Waals surface area contributed by atoms with Gasteiger partial charge in [-0.2, -0.15) is 0 Å². The molecule has 2 aromatic heterocycles. The summed E-state index contributed by atoms with van der Waals surface area (Å²) >= 11 is 0. The number of hydrogen-bond donors (Lipinski definition) is 0. The number of nitrogens with zero attached hydrogens (tertiary/aromatic N) is 1. The Bertz CT molecular complexity index is 2300. The molecule has 2 unspecified atom stereocenters. The predicted molar refractivity (Wildman–Crippen MR) is 210 cm³/mol. The third kappa shape index (κ3) is 6.29. The molecule has 0 fully saturated rings. The van der Waals surface area contributed by atoms with Gasteiger partial charge in [0.2, 0.25) is 0 Å². The fourth-order valence-corrected chi connectivity index (χ4v) is 7.93. The first-order valence-electron chi connectivity index (χ1n) is 18.0. The highest BCUT2D eigenvalue weighted by molar-refractivity contribution is 6.06. The molecule has 4 aromatic carbocycles. The monoisotopic (exact) mass is 641 g/mol. The van der Waals surface area contributed by atoms with Crippen LogP contribution in [0.15, 0.2) is 155 Å². The number of rotatable bonds is 3. The number of hydrogen-bond acceptors (Lipinski definition) is 1. The van der Waals surface area contributed by atoms with Crippen LogP contribution in [0.1, 0.15) is 76.1 Å². The number of benzene rings is 4. The second kappa shape index (κ2) is 14.2. The first-order chi connectivity index (χ1) is 24.0. The number of allylic oxidation sites excluding steroid dienone is 10. The molecule has 246 valence electrons. The average molecular weight is 642 g/mol. The number of furan rings is 1. The van der Waals surface area contributed by atoms with E-state index in [-0.39, 0.29) is 0 Å². The van der Waals surface area contributed by atoms with Crippen LogP contribution in [-0.2, 0) is 0 Å². The van der Waals surface area contributed by atoms with E-state index in [2.05, 4.69) is 147 Å². The van der Waals surface area contributed by atoms with E-state index in [9.17, 15) is 0 Å². The highest BCUT2D eigenvalue weighted by atomic mass is 16.3. The first-order valence-corrected chi connectivity index (χ1v) is 18.0. The molecule has 2 heteroatoms. The quantitative estimate of drug-likeness (QED) is 0.188. The van der Waals surface area contributed by atoms with E-state index in [0.29, 0.717) is 11.8 Å². The summed E-state index contributed by atoms with van der Waals surface area (Å²) in [5.41, 5.74) is 14.3. The van der Waals surface area contributed by atoms with Gasteiger partial charge in [-0.25, -0.2) is 0 Å². The minimum absolute atomic E-state index is 0.421. The van der Waals surface area contributed by atoms with Gasteiger partial charge < -0.3 is 8.98 Å². The van der Waals surface area contributed by atoms with Crippen LogP contribution < -0.4 is 0 Å². The summed E-state index contributed by atoms with van der Waals surface area (Å²) in [6.45, 7) is 10.6. The second-order valence-corrected chi connectivity index (χ2v) is 13.4. The highest BCUT2D eigenvalue weighted by Crippen LogP contribution is 2.42.